The minimum absolute atomic E-state index is 0.181. The number of aliphatic imine (C=N–C) groups is 1. The Bertz CT molecular complexity index is 567. The van der Waals surface area contributed by atoms with E-state index in [0.29, 0.717) is 29.6 Å². The Kier molecular flexibility index (Phi) is 9.47. The molecule has 0 aliphatic heterocycles. The fraction of sp³-hybridized carbons (Fsp3) is 0.556. The van der Waals surface area contributed by atoms with Gasteiger partial charge >= 0.3 is 0 Å². The van der Waals surface area contributed by atoms with Gasteiger partial charge in [0.1, 0.15) is 5.82 Å². The van der Waals surface area contributed by atoms with Crippen molar-refractivity contribution in [2.45, 2.75) is 33.7 Å². The van der Waals surface area contributed by atoms with Gasteiger partial charge in [-0.15, -0.1) is 0 Å². The summed E-state index contributed by atoms with van der Waals surface area (Å²) in [5.41, 5.74) is 0.841. The minimum atomic E-state index is -0.351. The molecular weight excluding hydrogens is 307 g/mol. The highest BCUT2D eigenvalue weighted by Gasteiger charge is 2.04. The monoisotopic (exact) mass is 334 g/mol. The van der Waals surface area contributed by atoms with Crippen molar-refractivity contribution in [1.29, 1.82) is 5.26 Å². The lowest BCUT2D eigenvalue weighted by Crippen LogP contribution is -2.38. The molecule has 0 unspecified atom stereocenters. The Balaban J connectivity index is 2.49. The van der Waals surface area contributed by atoms with E-state index < -0.39 is 0 Å². The molecule has 0 radical (unpaired) electrons. The molecule has 0 fully saturated rings. The van der Waals surface area contributed by atoms with Gasteiger partial charge in [0, 0.05) is 31.9 Å². The number of ether oxygens (including phenoxy) is 1. The number of halogens is 1. The van der Waals surface area contributed by atoms with Gasteiger partial charge in [-0.3, -0.25) is 0 Å². The summed E-state index contributed by atoms with van der Waals surface area (Å²) in [4.78, 5) is 4.37. The molecule has 0 heterocycles. The zero-order chi connectivity index (χ0) is 17.8. The Hall–Kier alpha value is -2.13. The van der Waals surface area contributed by atoms with Gasteiger partial charge < -0.3 is 15.4 Å². The fourth-order valence-corrected chi connectivity index (χ4v) is 1.97. The summed E-state index contributed by atoms with van der Waals surface area (Å²) in [5.74, 6) is 0.815. The van der Waals surface area contributed by atoms with Crippen LogP contribution in [0.3, 0.4) is 0 Å². The summed E-state index contributed by atoms with van der Waals surface area (Å²) in [5, 5.41) is 15.2. The molecule has 0 aliphatic carbocycles. The Labute approximate surface area is 143 Å². The molecule has 0 aliphatic rings. The third-order valence-electron chi connectivity index (χ3n) is 3.14. The molecule has 0 bridgehead atoms. The van der Waals surface area contributed by atoms with Crippen molar-refractivity contribution in [2.75, 3.05) is 26.3 Å². The number of hydrogen-bond acceptors (Lipinski definition) is 3. The molecule has 0 atom stereocenters. The quantitative estimate of drug-likeness (QED) is 0.414. The van der Waals surface area contributed by atoms with Crippen LogP contribution in [0.15, 0.2) is 23.2 Å². The number of benzene rings is 1. The molecule has 0 spiro atoms. The van der Waals surface area contributed by atoms with Crippen LogP contribution in [0.25, 0.3) is 0 Å². The van der Waals surface area contributed by atoms with E-state index in [4.69, 9.17) is 10.00 Å². The van der Waals surface area contributed by atoms with Crippen LogP contribution in [0, 0.1) is 23.1 Å². The van der Waals surface area contributed by atoms with Crippen LogP contribution in [-0.2, 0) is 11.3 Å². The van der Waals surface area contributed by atoms with E-state index in [1.165, 1.54) is 18.2 Å². The van der Waals surface area contributed by atoms with Crippen LogP contribution >= 0.6 is 0 Å². The van der Waals surface area contributed by atoms with Gasteiger partial charge in [0.2, 0.25) is 0 Å². The van der Waals surface area contributed by atoms with Gasteiger partial charge in [0.15, 0.2) is 5.96 Å². The fourth-order valence-electron chi connectivity index (χ4n) is 1.97. The maximum absolute atomic E-state index is 13.8. The molecule has 1 aromatic carbocycles. The third kappa shape index (κ3) is 7.93. The molecule has 0 saturated carbocycles. The van der Waals surface area contributed by atoms with Gasteiger partial charge in [0.25, 0.3) is 0 Å². The van der Waals surface area contributed by atoms with E-state index in [0.717, 1.165) is 26.1 Å². The maximum Gasteiger partial charge on any atom is 0.191 e. The minimum Gasteiger partial charge on any atom is -0.381 e. The van der Waals surface area contributed by atoms with Crippen LogP contribution in [0.4, 0.5) is 4.39 Å². The summed E-state index contributed by atoms with van der Waals surface area (Å²) < 4.78 is 19.3. The lowest BCUT2D eigenvalue weighted by molar-refractivity contribution is 0.108. The van der Waals surface area contributed by atoms with E-state index in [1.54, 1.807) is 0 Å². The van der Waals surface area contributed by atoms with Gasteiger partial charge in [-0.2, -0.15) is 5.26 Å². The van der Waals surface area contributed by atoms with Crippen molar-refractivity contribution in [3.05, 3.63) is 35.1 Å². The highest BCUT2D eigenvalue weighted by molar-refractivity contribution is 5.79. The van der Waals surface area contributed by atoms with Crippen molar-refractivity contribution < 1.29 is 9.13 Å². The SMILES string of the molecule is CCNC(=NCc1cc(C#N)ccc1F)NCCCOCC(C)C. The van der Waals surface area contributed by atoms with E-state index in [9.17, 15) is 4.39 Å². The van der Waals surface area contributed by atoms with Gasteiger partial charge in [-0.05, 0) is 37.5 Å². The molecule has 2 N–H and O–H groups in total. The van der Waals surface area contributed by atoms with Crippen LogP contribution in [-0.4, -0.2) is 32.3 Å². The predicted octanol–water partition coefficient (Wildman–Crippen LogP) is 2.82. The Morgan fingerprint density at radius 2 is 2.17 bits per heavy atom. The average molecular weight is 334 g/mol. The summed E-state index contributed by atoms with van der Waals surface area (Å²) in [6, 6.07) is 6.30. The van der Waals surface area contributed by atoms with E-state index in [2.05, 4.69) is 29.5 Å². The van der Waals surface area contributed by atoms with Crippen LogP contribution < -0.4 is 10.6 Å². The molecule has 0 aromatic heterocycles. The number of rotatable bonds is 9. The zero-order valence-corrected chi connectivity index (χ0v) is 14.7. The number of nitrogens with one attached hydrogen (secondary N) is 2. The molecule has 24 heavy (non-hydrogen) atoms. The normalized spacial score (nSPS) is 11.4. The molecule has 5 nitrogen and oxygen atoms in total. The molecule has 0 saturated heterocycles. The van der Waals surface area contributed by atoms with Crippen LogP contribution in [0.5, 0.6) is 0 Å². The summed E-state index contributed by atoms with van der Waals surface area (Å²) in [6.45, 7) is 9.30. The maximum atomic E-state index is 13.8. The van der Waals surface area contributed by atoms with E-state index in [-0.39, 0.29) is 12.4 Å². The van der Waals surface area contributed by atoms with E-state index >= 15 is 0 Å². The zero-order valence-electron chi connectivity index (χ0n) is 14.7. The molecule has 0 amide bonds. The number of hydrogen-bond donors (Lipinski definition) is 2. The van der Waals surface area contributed by atoms with Gasteiger partial charge in [-0.25, -0.2) is 9.38 Å². The number of nitriles is 1. The van der Waals surface area contributed by atoms with Crippen LogP contribution in [0.2, 0.25) is 0 Å². The second-order valence-electron chi connectivity index (χ2n) is 5.86. The lowest BCUT2D eigenvalue weighted by Gasteiger charge is -2.12. The Morgan fingerprint density at radius 3 is 2.83 bits per heavy atom. The average Bonchev–Trinajstić information content (AvgIpc) is 2.56. The highest BCUT2D eigenvalue weighted by Crippen LogP contribution is 2.11. The van der Waals surface area contributed by atoms with Crippen LogP contribution in [0.1, 0.15) is 38.3 Å². The third-order valence-corrected chi connectivity index (χ3v) is 3.14. The molecule has 1 aromatic rings. The molecular formula is C18H27FN4O. The molecule has 6 heteroatoms. The van der Waals surface area contributed by atoms with Crippen molar-refractivity contribution >= 4 is 5.96 Å². The molecule has 1 rings (SSSR count). The van der Waals surface area contributed by atoms with Crippen molar-refractivity contribution in [3.8, 4) is 6.07 Å². The summed E-state index contributed by atoms with van der Waals surface area (Å²) in [6.07, 6.45) is 0.870. The second-order valence-corrected chi connectivity index (χ2v) is 5.86. The standard InChI is InChI=1S/C18H27FN4O/c1-4-21-18(22-8-5-9-24-13-14(2)3)23-12-16-10-15(11-20)6-7-17(16)19/h6-7,10,14H,4-5,8-9,12-13H2,1-3H3,(H2,21,22,23). The first-order valence-corrected chi connectivity index (χ1v) is 8.35. The second kappa shape index (κ2) is 11.4. The van der Waals surface area contributed by atoms with Crippen molar-refractivity contribution in [1.82, 2.24) is 10.6 Å². The highest BCUT2D eigenvalue weighted by atomic mass is 19.1. The predicted molar refractivity (Wildman–Crippen MR) is 94.2 cm³/mol. The smallest absolute Gasteiger partial charge is 0.191 e. The first kappa shape index (κ1) is 19.9. The van der Waals surface area contributed by atoms with Gasteiger partial charge in [-0.1, -0.05) is 13.8 Å². The van der Waals surface area contributed by atoms with Crippen molar-refractivity contribution in [2.24, 2.45) is 10.9 Å². The summed E-state index contributed by atoms with van der Waals surface area (Å²) in [7, 11) is 0. The lowest BCUT2D eigenvalue weighted by atomic mass is 10.1. The van der Waals surface area contributed by atoms with Crippen molar-refractivity contribution in [3.63, 3.8) is 0 Å². The largest absolute Gasteiger partial charge is 0.381 e. The first-order valence-electron chi connectivity index (χ1n) is 8.35. The number of guanidine groups is 1. The van der Waals surface area contributed by atoms with E-state index in [1.807, 2.05) is 13.0 Å². The summed E-state index contributed by atoms with van der Waals surface area (Å²) >= 11 is 0. The number of nitrogens with zero attached hydrogens (tertiary/aromatic N) is 2. The topological polar surface area (TPSA) is 69.4 Å². The Morgan fingerprint density at radius 1 is 1.38 bits per heavy atom. The first-order chi connectivity index (χ1) is 11.6. The molecule has 132 valence electrons. The van der Waals surface area contributed by atoms with Gasteiger partial charge in [0.05, 0.1) is 18.2 Å².